The molecule has 0 atom stereocenters. The Bertz CT molecular complexity index is 823. The quantitative estimate of drug-likeness (QED) is 0.797. The Morgan fingerprint density at radius 2 is 1.82 bits per heavy atom. The van der Waals surface area contributed by atoms with Crippen molar-refractivity contribution in [1.29, 1.82) is 0 Å². The maximum absolute atomic E-state index is 13.1. The number of methoxy groups -OCH3 is 1. The molecule has 28 heavy (non-hydrogen) atoms. The monoisotopic (exact) mass is 385 g/mol. The molecule has 0 radical (unpaired) electrons. The van der Waals surface area contributed by atoms with E-state index in [-0.39, 0.29) is 18.0 Å². The normalized spacial score (nSPS) is 25.2. The molecule has 0 aromatic heterocycles. The molecule has 1 amide bonds. The van der Waals surface area contributed by atoms with Crippen LogP contribution in [0.4, 0.5) is 0 Å². The van der Waals surface area contributed by atoms with Gasteiger partial charge in [0.2, 0.25) is 0 Å². The zero-order valence-corrected chi connectivity index (χ0v) is 17.8. The number of rotatable bonds is 3. The molecule has 1 saturated carbocycles. The Morgan fingerprint density at radius 1 is 1.18 bits per heavy atom. The lowest BCUT2D eigenvalue weighted by molar-refractivity contribution is -0.150. The maximum Gasteiger partial charge on any atom is 0.316 e. The highest BCUT2D eigenvalue weighted by atomic mass is 16.5. The van der Waals surface area contributed by atoms with E-state index in [1.807, 2.05) is 52.8 Å². The molecule has 1 aromatic carbocycles. The van der Waals surface area contributed by atoms with Gasteiger partial charge in [-0.3, -0.25) is 9.59 Å². The van der Waals surface area contributed by atoms with Crippen LogP contribution in [0.15, 0.2) is 24.0 Å². The summed E-state index contributed by atoms with van der Waals surface area (Å²) in [7, 11) is 1.72. The zero-order valence-electron chi connectivity index (χ0n) is 17.8. The number of carbonyl (C=O) groups is 2. The van der Waals surface area contributed by atoms with E-state index in [9.17, 15) is 9.59 Å². The lowest BCUT2D eigenvalue weighted by Gasteiger charge is -2.38. The predicted octanol–water partition coefficient (Wildman–Crippen LogP) is 4.06. The van der Waals surface area contributed by atoms with Crippen LogP contribution in [0.25, 0.3) is 5.57 Å². The number of hydrogen-bond donors (Lipinski definition) is 1. The number of nitrogens with one attached hydrogen (secondary N) is 1. The smallest absolute Gasteiger partial charge is 0.316 e. The van der Waals surface area contributed by atoms with Crippen LogP contribution in [0.3, 0.4) is 0 Å². The number of carbonyl (C=O) groups excluding carboxylic acids is 2. The molecule has 1 spiro atoms. The summed E-state index contributed by atoms with van der Waals surface area (Å²) >= 11 is 0. The van der Waals surface area contributed by atoms with Crippen LogP contribution in [0.5, 0.6) is 0 Å². The van der Waals surface area contributed by atoms with Gasteiger partial charge in [0, 0.05) is 7.11 Å². The van der Waals surface area contributed by atoms with E-state index in [0.29, 0.717) is 24.2 Å². The van der Waals surface area contributed by atoms with E-state index in [2.05, 4.69) is 5.32 Å². The van der Waals surface area contributed by atoms with Gasteiger partial charge in [-0.1, -0.05) is 23.8 Å². The Morgan fingerprint density at radius 3 is 2.39 bits per heavy atom. The lowest BCUT2D eigenvalue weighted by Crippen LogP contribution is -2.49. The number of ether oxygens (including phenoxy) is 2. The van der Waals surface area contributed by atoms with Gasteiger partial charge in [0.1, 0.15) is 5.76 Å². The molecule has 1 fully saturated rings. The highest BCUT2D eigenvalue weighted by molar-refractivity contribution is 6.24. The Labute approximate surface area is 167 Å². The minimum atomic E-state index is -0.656. The summed E-state index contributed by atoms with van der Waals surface area (Å²) in [6.45, 7) is 9.45. The van der Waals surface area contributed by atoms with Crippen molar-refractivity contribution in [2.75, 3.05) is 7.11 Å². The molecule has 3 rings (SSSR count). The Kier molecular flexibility index (Phi) is 5.41. The van der Waals surface area contributed by atoms with Crippen molar-refractivity contribution >= 4 is 17.4 Å². The first-order chi connectivity index (χ1) is 13.1. The van der Waals surface area contributed by atoms with Gasteiger partial charge in [0.25, 0.3) is 5.91 Å². The number of esters is 1. The second-order valence-electron chi connectivity index (χ2n) is 9.13. The van der Waals surface area contributed by atoms with Crippen molar-refractivity contribution in [1.82, 2.24) is 5.32 Å². The van der Waals surface area contributed by atoms with E-state index >= 15 is 0 Å². The third-order valence-corrected chi connectivity index (χ3v) is 5.83. The van der Waals surface area contributed by atoms with E-state index in [1.165, 1.54) is 0 Å². The number of benzene rings is 1. The van der Waals surface area contributed by atoms with E-state index in [0.717, 1.165) is 29.5 Å². The third kappa shape index (κ3) is 3.72. The van der Waals surface area contributed by atoms with Crippen molar-refractivity contribution in [2.45, 2.75) is 71.9 Å². The van der Waals surface area contributed by atoms with Crippen LogP contribution in [0.2, 0.25) is 0 Å². The van der Waals surface area contributed by atoms with Crippen LogP contribution in [-0.2, 0) is 19.1 Å². The van der Waals surface area contributed by atoms with Gasteiger partial charge >= 0.3 is 5.97 Å². The summed E-state index contributed by atoms with van der Waals surface area (Å²) in [5.74, 6) is -0.00278. The van der Waals surface area contributed by atoms with Crippen molar-refractivity contribution in [2.24, 2.45) is 5.41 Å². The first-order valence-corrected chi connectivity index (χ1v) is 9.97. The van der Waals surface area contributed by atoms with Crippen LogP contribution >= 0.6 is 0 Å². The summed E-state index contributed by atoms with van der Waals surface area (Å²) in [6.07, 6.45) is 3.18. The molecule has 2 aliphatic rings. The second-order valence-corrected chi connectivity index (χ2v) is 9.13. The van der Waals surface area contributed by atoms with Gasteiger partial charge in [0.05, 0.1) is 22.6 Å². The van der Waals surface area contributed by atoms with Crippen LogP contribution < -0.4 is 5.32 Å². The molecule has 5 nitrogen and oxygen atoms in total. The first-order valence-electron chi connectivity index (χ1n) is 9.97. The van der Waals surface area contributed by atoms with Crippen LogP contribution in [0, 0.1) is 19.3 Å². The summed E-state index contributed by atoms with van der Waals surface area (Å²) < 4.78 is 11.5. The fourth-order valence-electron chi connectivity index (χ4n) is 4.00. The SMILES string of the molecule is COC1CCC2(CC1)NC(=O)C(c1cc(C)ccc1C)=C2OC(=O)C(C)(C)C. The Balaban J connectivity index is 2.12. The minimum absolute atomic E-state index is 0.165. The molecule has 152 valence electrons. The largest absolute Gasteiger partial charge is 0.427 e. The highest BCUT2D eigenvalue weighted by Crippen LogP contribution is 2.45. The third-order valence-electron chi connectivity index (χ3n) is 5.83. The standard InChI is InChI=1S/C23H31NO4/c1-14-7-8-15(2)17(13-14)18-19(28-21(26)22(3,4)5)23(24-20(18)25)11-9-16(27-6)10-12-23/h7-8,13,16H,9-12H2,1-6H3,(H,24,25). The molecule has 5 heteroatoms. The molecule has 1 aliphatic heterocycles. The molecular formula is C23H31NO4. The van der Waals surface area contributed by atoms with Crippen molar-refractivity contribution in [3.63, 3.8) is 0 Å². The highest BCUT2D eigenvalue weighted by Gasteiger charge is 2.50. The van der Waals surface area contributed by atoms with Gasteiger partial charge in [0.15, 0.2) is 0 Å². The fraction of sp³-hybridized carbons (Fsp3) is 0.565. The average molecular weight is 386 g/mol. The molecule has 0 bridgehead atoms. The molecular weight excluding hydrogens is 354 g/mol. The predicted molar refractivity (Wildman–Crippen MR) is 109 cm³/mol. The maximum atomic E-state index is 13.1. The van der Waals surface area contributed by atoms with Gasteiger partial charge in [-0.15, -0.1) is 0 Å². The average Bonchev–Trinajstić information content (AvgIpc) is 2.88. The topological polar surface area (TPSA) is 64.6 Å². The first kappa shape index (κ1) is 20.6. The molecule has 0 unspecified atom stereocenters. The van der Waals surface area contributed by atoms with Crippen LogP contribution in [-0.4, -0.2) is 30.6 Å². The summed E-state index contributed by atoms with van der Waals surface area (Å²) in [5, 5.41) is 3.17. The molecule has 1 heterocycles. The van der Waals surface area contributed by atoms with Gasteiger partial charge in [-0.05, 0) is 71.4 Å². The van der Waals surface area contributed by atoms with Gasteiger partial charge in [-0.25, -0.2) is 0 Å². The van der Waals surface area contributed by atoms with E-state index in [1.54, 1.807) is 7.11 Å². The van der Waals surface area contributed by atoms with Crippen LogP contribution in [0.1, 0.15) is 63.1 Å². The number of aryl methyl sites for hydroxylation is 2. The van der Waals surface area contributed by atoms with Crippen molar-refractivity contribution in [3.8, 4) is 0 Å². The van der Waals surface area contributed by atoms with Gasteiger partial charge in [-0.2, -0.15) is 0 Å². The van der Waals surface area contributed by atoms with Gasteiger partial charge < -0.3 is 14.8 Å². The summed E-state index contributed by atoms with van der Waals surface area (Å²) in [6, 6.07) is 6.02. The zero-order chi connectivity index (χ0) is 20.7. The van der Waals surface area contributed by atoms with Crippen molar-refractivity contribution < 1.29 is 19.1 Å². The molecule has 1 aromatic rings. The fourth-order valence-corrected chi connectivity index (χ4v) is 4.00. The molecule has 0 saturated heterocycles. The summed E-state index contributed by atoms with van der Waals surface area (Å²) in [5.41, 5.74) is 2.08. The lowest BCUT2D eigenvalue weighted by atomic mass is 9.79. The number of hydrogen-bond acceptors (Lipinski definition) is 4. The van der Waals surface area contributed by atoms with E-state index in [4.69, 9.17) is 9.47 Å². The molecule has 1 aliphatic carbocycles. The van der Waals surface area contributed by atoms with Crippen molar-refractivity contribution in [3.05, 3.63) is 40.6 Å². The Hall–Kier alpha value is -2.14. The summed E-state index contributed by atoms with van der Waals surface area (Å²) in [4.78, 5) is 25.9. The minimum Gasteiger partial charge on any atom is -0.427 e. The second kappa shape index (κ2) is 7.36. The number of amides is 1. The van der Waals surface area contributed by atoms with E-state index < -0.39 is 11.0 Å². The molecule has 1 N–H and O–H groups in total.